The van der Waals surface area contributed by atoms with Gasteiger partial charge in [-0.3, -0.25) is 0 Å². The van der Waals surface area contributed by atoms with E-state index in [1.165, 1.54) is 11.5 Å². The van der Waals surface area contributed by atoms with Gasteiger partial charge in [0.25, 0.3) is 0 Å². The van der Waals surface area contributed by atoms with Crippen LogP contribution in [0.2, 0.25) is 0 Å². The Morgan fingerprint density at radius 3 is 2.40 bits per heavy atom. The van der Waals surface area contributed by atoms with Gasteiger partial charge in [0.05, 0.1) is 5.60 Å². The Morgan fingerprint density at radius 2 is 2.10 bits per heavy atom. The third kappa shape index (κ3) is 2.36. The van der Waals surface area contributed by atoms with Crippen molar-refractivity contribution in [3.63, 3.8) is 0 Å². The highest BCUT2D eigenvalue weighted by Gasteiger charge is 2.28. The second-order valence-corrected chi connectivity index (χ2v) is 5.55. The summed E-state index contributed by atoms with van der Waals surface area (Å²) in [7, 11) is 0. The van der Waals surface area contributed by atoms with Crippen molar-refractivity contribution in [1.29, 1.82) is 0 Å². The molecule has 0 aromatic heterocycles. The third-order valence-corrected chi connectivity index (χ3v) is 4.72. The maximum Gasteiger partial charge on any atom is 0.0717 e. The van der Waals surface area contributed by atoms with Crippen molar-refractivity contribution in [2.75, 3.05) is 17.3 Å². The van der Waals surface area contributed by atoms with Crippen LogP contribution in [0.3, 0.4) is 0 Å². The van der Waals surface area contributed by atoms with E-state index < -0.39 is 5.60 Å². The zero-order valence-electron chi connectivity index (χ0n) is 6.46. The van der Waals surface area contributed by atoms with E-state index in [1.807, 2.05) is 37.4 Å². The molecule has 0 aromatic carbocycles. The zero-order chi connectivity index (χ0) is 7.61. The SMILES string of the molecule is CC(C)(O)C1CSCCS1. The minimum Gasteiger partial charge on any atom is -0.389 e. The molecule has 0 aliphatic carbocycles. The Bertz CT molecular complexity index is 103. The van der Waals surface area contributed by atoms with E-state index in [0.29, 0.717) is 5.25 Å². The normalized spacial score (nSPS) is 28.5. The highest BCUT2D eigenvalue weighted by Crippen LogP contribution is 2.31. The molecule has 10 heavy (non-hydrogen) atoms. The molecule has 1 N–H and O–H groups in total. The average Bonchev–Trinajstić information content (AvgIpc) is 1.88. The molecular weight excluding hydrogens is 164 g/mol. The minimum atomic E-state index is -0.488. The summed E-state index contributed by atoms with van der Waals surface area (Å²) in [5.41, 5.74) is -0.488. The van der Waals surface area contributed by atoms with Crippen LogP contribution in [-0.4, -0.2) is 33.2 Å². The Labute approximate surface area is 71.0 Å². The van der Waals surface area contributed by atoms with Crippen molar-refractivity contribution >= 4 is 23.5 Å². The van der Waals surface area contributed by atoms with Crippen LogP contribution in [0.1, 0.15) is 13.8 Å². The number of thioether (sulfide) groups is 2. The maximum absolute atomic E-state index is 9.61. The lowest BCUT2D eigenvalue weighted by Crippen LogP contribution is -2.37. The van der Waals surface area contributed by atoms with Gasteiger partial charge in [-0.15, -0.1) is 0 Å². The summed E-state index contributed by atoms with van der Waals surface area (Å²) in [4.78, 5) is 0. The molecule has 1 nitrogen and oxygen atoms in total. The molecule has 1 fully saturated rings. The van der Waals surface area contributed by atoms with Crippen molar-refractivity contribution in [2.45, 2.75) is 24.7 Å². The minimum absolute atomic E-state index is 0.436. The van der Waals surface area contributed by atoms with Crippen LogP contribution in [0, 0.1) is 0 Å². The number of hydrogen-bond acceptors (Lipinski definition) is 3. The summed E-state index contributed by atoms with van der Waals surface area (Å²) in [5, 5.41) is 10.0. The molecule has 3 heteroatoms. The van der Waals surface area contributed by atoms with Crippen LogP contribution in [0.4, 0.5) is 0 Å². The Balaban J connectivity index is 2.39. The Morgan fingerprint density at radius 1 is 1.40 bits per heavy atom. The van der Waals surface area contributed by atoms with E-state index in [0.717, 1.165) is 5.75 Å². The molecular formula is C7H14OS2. The summed E-state index contributed by atoms with van der Waals surface area (Å²) in [5.74, 6) is 3.55. The molecule has 60 valence electrons. The van der Waals surface area contributed by atoms with Gasteiger partial charge in [-0.1, -0.05) is 0 Å². The second kappa shape index (κ2) is 3.37. The molecule has 1 heterocycles. The van der Waals surface area contributed by atoms with Gasteiger partial charge in [-0.05, 0) is 13.8 Å². The van der Waals surface area contributed by atoms with Crippen LogP contribution >= 0.6 is 23.5 Å². The summed E-state index contributed by atoms with van der Waals surface area (Å²) >= 11 is 3.85. The molecule has 1 saturated heterocycles. The fraction of sp³-hybridized carbons (Fsp3) is 1.00. The first-order valence-electron chi connectivity index (χ1n) is 3.52. The average molecular weight is 178 g/mol. The molecule has 1 atom stereocenters. The summed E-state index contributed by atoms with van der Waals surface area (Å²) in [6.07, 6.45) is 0. The molecule has 1 unspecified atom stereocenters. The highest BCUT2D eigenvalue weighted by molar-refractivity contribution is 8.06. The molecule has 0 radical (unpaired) electrons. The lowest BCUT2D eigenvalue weighted by atomic mass is 10.1. The topological polar surface area (TPSA) is 20.2 Å². The summed E-state index contributed by atoms with van der Waals surface area (Å²) in [6.45, 7) is 3.80. The molecule has 1 rings (SSSR count). The van der Waals surface area contributed by atoms with E-state index >= 15 is 0 Å². The zero-order valence-corrected chi connectivity index (χ0v) is 8.10. The quantitative estimate of drug-likeness (QED) is 0.659. The van der Waals surface area contributed by atoms with Gasteiger partial charge in [0, 0.05) is 22.5 Å². The first-order chi connectivity index (χ1) is 4.61. The predicted octanol–water partition coefficient (Wildman–Crippen LogP) is 1.61. The van der Waals surface area contributed by atoms with Gasteiger partial charge in [-0.2, -0.15) is 23.5 Å². The van der Waals surface area contributed by atoms with Gasteiger partial charge in [0.1, 0.15) is 0 Å². The van der Waals surface area contributed by atoms with E-state index in [2.05, 4.69) is 0 Å². The van der Waals surface area contributed by atoms with Gasteiger partial charge >= 0.3 is 0 Å². The molecule has 0 amide bonds. The van der Waals surface area contributed by atoms with Gasteiger partial charge < -0.3 is 5.11 Å². The van der Waals surface area contributed by atoms with E-state index in [1.54, 1.807) is 0 Å². The van der Waals surface area contributed by atoms with Gasteiger partial charge in [0.15, 0.2) is 0 Å². The molecule has 0 spiro atoms. The van der Waals surface area contributed by atoms with Crippen LogP contribution in [0.5, 0.6) is 0 Å². The Kier molecular flexibility index (Phi) is 2.95. The van der Waals surface area contributed by atoms with Crippen LogP contribution in [-0.2, 0) is 0 Å². The number of hydrogen-bond donors (Lipinski definition) is 1. The van der Waals surface area contributed by atoms with E-state index in [9.17, 15) is 5.11 Å². The van der Waals surface area contributed by atoms with E-state index in [-0.39, 0.29) is 0 Å². The summed E-state index contributed by atoms with van der Waals surface area (Å²) in [6, 6.07) is 0. The van der Waals surface area contributed by atoms with Crippen molar-refractivity contribution in [1.82, 2.24) is 0 Å². The van der Waals surface area contributed by atoms with Crippen molar-refractivity contribution in [3.05, 3.63) is 0 Å². The number of aliphatic hydroxyl groups is 1. The van der Waals surface area contributed by atoms with Gasteiger partial charge in [-0.25, -0.2) is 0 Å². The molecule has 1 aliphatic rings. The Hall–Kier alpha value is 0.660. The maximum atomic E-state index is 9.61. The van der Waals surface area contributed by atoms with Crippen LogP contribution in [0.25, 0.3) is 0 Å². The fourth-order valence-corrected chi connectivity index (χ4v) is 3.91. The lowest BCUT2D eigenvalue weighted by Gasteiger charge is -2.31. The first-order valence-corrected chi connectivity index (χ1v) is 5.73. The fourth-order valence-electron chi connectivity index (χ4n) is 0.896. The van der Waals surface area contributed by atoms with Crippen LogP contribution in [0.15, 0.2) is 0 Å². The third-order valence-electron chi connectivity index (χ3n) is 1.60. The molecule has 1 aliphatic heterocycles. The van der Waals surface area contributed by atoms with Gasteiger partial charge in [0.2, 0.25) is 0 Å². The molecule has 0 bridgehead atoms. The van der Waals surface area contributed by atoms with Crippen molar-refractivity contribution in [2.24, 2.45) is 0 Å². The standard InChI is InChI=1S/C7H14OS2/c1-7(2,8)6-5-9-3-4-10-6/h6,8H,3-5H2,1-2H3. The molecule has 0 aromatic rings. The largest absolute Gasteiger partial charge is 0.389 e. The summed E-state index contributed by atoms with van der Waals surface area (Å²) < 4.78 is 0. The van der Waals surface area contributed by atoms with Crippen molar-refractivity contribution < 1.29 is 5.11 Å². The monoisotopic (exact) mass is 178 g/mol. The second-order valence-electron chi connectivity index (χ2n) is 3.09. The first kappa shape index (κ1) is 8.75. The smallest absolute Gasteiger partial charge is 0.0717 e. The predicted molar refractivity (Wildman–Crippen MR) is 49.9 cm³/mol. The van der Waals surface area contributed by atoms with E-state index in [4.69, 9.17) is 0 Å². The number of rotatable bonds is 1. The van der Waals surface area contributed by atoms with Crippen molar-refractivity contribution in [3.8, 4) is 0 Å². The van der Waals surface area contributed by atoms with Crippen LogP contribution < -0.4 is 0 Å². The lowest BCUT2D eigenvalue weighted by molar-refractivity contribution is 0.0835. The highest BCUT2D eigenvalue weighted by atomic mass is 32.2. The molecule has 0 saturated carbocycles.